The summed E-state index contributed by atoms with van der Waals surface area (Å²) < 4.78 is 68.1. The summed E-state index contributed by atoms with van der Waals surface area (Å²) in [5, 5.41) is 17.4. The molecular weight excluding hydrogens is 455 g/mol. The fourth-order valence-corrected chi connectivity index (χ4v) is 3.44. The zero-order valence-electron chi connectivity index (χ0n) is 13.5. The first-order chi connectivity index (χ1) is 12.1. The van der Waals surface area contributed by atoms with Gasteiger partial charge in [-0.25, -0.2) is 16.8 Å². The second kappa shape index (κ2) is 9.57. The number of hydrogen-bond acceptors (Lipinski definition) is 8. The molecule has 0 radical (unpaired) electrons. The highest BCUT2D eigenvalue weighted by molar-refractivity contribution is 7.86. The van der Waals surface area contributed by atoms with Crippen LogP contribution in [-0.4, -0.2) is 25.9 Å². The Morgan fingerprint density at radius 2 is 1.04 bits per heavy atom. The van der Waals surface area contributed by atoms with E-state index in [0.717, 1.165) is 24.3 Å². The summed E-state index contributed by atoms with van der Waals surface area (Å²) in [5.41, 5.74) is -0.572. The first-order valence-electron chi connectivity index (χ1n) is 6.64. The second-order valence-corrected chi connectivity index (χ2v) is 7.58. The molecule has 148 valence electrons. The lowest BCUT2D eigenvalue weighted by Crippen LogP contribution is -2.02. The monoisotopic (exact) mass is 464 g/mol. The largest absolute Gasteiger partial charge is 0.744 e. The van der Waals surface area contributed by atoms with Crippen molar-refractivity contribution < 1.29 is 25.9 Å². The lowest BCUT2D eigenvalue weighted by atomic mass is 10.1. The van der Waals surface area contributed by atoms with Crippen LogP contribution in [0, 0.1) is 10.8 Å². The van der Waals surface area contributed by atoms with E-state index < -0.39 is 30.0 Å². The van der Waals surface area contributed by atoms with Crippen molar-refractivity contribution in [3.8, 4) is 0 Å². The number of halogens is 2. The van der Waals surface area contributed by atoms with Gasteiger partial charge in [-0.1, -0.05) is 12.2 Å². The van der Waals surface area contributed by atoms with Gasteiger partial charge in [0.1, 0.15) is 20.2 Å². The molecule has 14 heteroatoms. The molecule has 0 fully saturated rings. The van der Waals surface area contributed by atoms with Gasteiger partial charge < -0.3 is 9.11 Å². The topological polar surface area (TPSA) is 171 Å². The predicted molar refractivity (Wildman–Crippen MR) is 102 cm³/mol. The van der Waals surface area contributed by atoms with Crippen LogP contribution in [0.4, 0.5) is 11.4 Å². The summed E-state index contributed by atoms with van der Waals surface area (Å²) in [5.74, 6) is 0. The Morgan fingerprint density at radius 3 is 1.29 bits per heavy atom. The van der Waals surface area contributed by atoms with Gasteiger partial charge in [-0.15, -0.1) is 24.8 Å². The van der Waals surface area contributed by atoms with Crippen LogP contribution in [0.3, 0.4) is 0 Å². The summed E-state index contributed by atoms with van der Waals surface area (Å²) in [6, 6.07) is 6.43. The van der Waals surface area contributed by atoms with Crippen LogP contribution in [0.5, 0.6) is 0 Å². The molecule has 0 aliphatic heterocycles. The number of hydrogen-bond donors (Lipinski definition) is 0. The highest BCUT2D eigenvalue weighted by Crippen LogP contribution is 2.27. The van der Waals surface area contributed by atoms with E-state index in [1.807, 2.05) is 0 Å². The van der Waals surface area contributed by atoms with E-state index in [1.54, 1.807) is 0 Å². The van der Waals surface area contributed by atoms with E-state index in [1.165, 1.54) is 24.3 Å². The number of rotatable bonds is 4. The van der Waals surface area contributed by atoms with Crippen molar-refractivity contribution in [1.82, 2.24) is 0 Å². The van der Waals surface area contributed by atoms with Crippen LogP contribution in [0.2, 0.25) is 0 Å². The van der Waals surface area contributed by atoms with Crippen molar-refractivity contribution in [2.24, 2.45) is 0 Å². The summed E-state index contributed by atoms with van der Waals surface area (Å²) in [7, 11) is -9.84. The third kappa shape index (κ3) is 5.97. The molecule has 0 saturated heterocycles. The Morgan fingerprint density at radius 1 is 0.714 bits per heavy atom. The molecule has 10 nitrogen and oxygen atoms in total. The maximum atomic E-state index is 11.3. The standard InChI is InChI=1S/C14H8N4O6S2.2ClH/c15-17-11-5-3-9(13(7-11)25(19,20)21)1-2-10-4-6-12(18-16)8-14(10)26(22,23)24;;/h1-8H;2*1H. The maximum Gasteiger partial charge on any atom is 0.386 e. The molecule has 0 spiro atoms. The van der Waals surface area contributed by atoms with Gasteiger partial charge in [-0.05, 0) is 23.3 Å². The van der Waals surface area contributed by atoms with Crippen LogP contribution in [0.1, 0.15) is 11.1 Å². The molecule has 0 amide bonds. The van der Waals surface area contributed by atoms with Gasteiger partial charge in [0.2, 0.25) is 10.8 Å². The minimum atomic E-state index is -4.92. The van der Waals surface area contributed by atoms with E-state index in [-0.39, 0.29) is 47.3 Å². The fraction of sp³-hybridized carbons (Fsp3) is 0. The van der Waals surface area contributed by atoms with Gasteiger partial charge in [0.05, 0.1) is 21.9 Å². The number of benzene rings is 2. The van der Waals surface area contributed by atoms with Crippen molar-refractivity contribution in [2.75, 3.05) is 0 Å². The molecule has 0 unspecified atom stereocenters. The SMILES string of the molecule is Cl.Cl.N#[N+]c1ccc(C=Cc2ccc([N+]#N)cc2S(=O)(=O)[O-])c(S(=O)(=O)[O-])c1. The third-order valence-electron chi connectivity index (χ3n) is 3.21. The van der Waals surface area contributed by atoms with Crippen LogP contribution in [0.15, 0.2) is 46.2 Å². The summed E-state index contributed by atoms with van der Waals surface area (Å²) >= 11 is 0. The zero-order valence-corrected chi connectivity index (χ0v) is 16.8. The van der Waals surface area contributed by atoms with E-state index in [4.69, 9.17) is 10.8 Å². The predicted octanol–water partition coefficient (Wildman–Crippen LogP) is 3.48. The van der Waals surface area contributed by atoms with Gasteiger partial charge in [0.15, 0.2) is 9.95 Å². The average Bonchev–Trinajstić information content (AvgIpc) is 2.58. The minimum Gasteiger partial charge on any atom is -0.744 e. The molecule has 0 aliphatic carbocycles. The van der Waals surface area contributed by atoms with Crippen molar-refractivity contribution in [2.45, 2.75) is 9.79 Å². The molecule has 0 aliphatic rings. The van der Waals surface area contributed by atoms with Crippen molar-refractivity contribution in [1.29, 1.82) is 10.8 Å². The first-order valence-corrected chi connectivity index (χ1v) is 9.46. The number of diazo groups is 2. The number of nitrogens with zero attached hydrogens (tertiary/aromatic N) is 4. The molecule has 28 heavy (non-hydrogen) atoms. The molecule has 0 atom stereocenters. The van der Waals surface area contributed by atoms with Gasteiger partial charge in [0.25, 0.3) is 0 Å². The van der Waals surface area contributed by atoms with Crippen LogP contribution in [-0.2, 0) is 20.2 Å². The van der Waals surface area contributed by atoms with Gasteiger partial charge in [-0.2, -0.15) is 0 Å². The summed E-state index contributed by atoms with van der Waals surface area (Å²) in [6.45, 7) is 0. The van der Waals surface area contributed by atoms with E-state index in [0.29, 0.717) is 0 Å². The molecule has 0 heterocycles. The van der Waals surface area contributed by atoms with Gasteiger partial charge in [-0.3, -0.25) is 0 Å². The molecule has 2 aromatic rings. The first kappa shape index (κ1) is 25.4. The van der Waals surface area contributed by atoms with Crippen molar-refractivity contribution >= 4 is 68.6 Å². The Kier molecular flexibility index (Phi) is 8.68. The third-order valence-corrected chi connectivity index (χ3v) is 4.99. The average molecular weight is 465 g/mol. The molecular formula is C14H10Cl2N4O6S2. The Labute approximate surface area is 172 Å². The quantitative estimate of drug-likeness (QED) is 0.375. The second-order valence-electron chi connectivity index (χ2n) is 4.89. The van der Waals surface area contributed by atoms with Crippen molar-refractivity contribution in [3.05, 3.63) is 57.5 Å². The molecule has 0 saturated carbocycles. The maximum absolute atomic E-state index is 11.3. The van der Waals surface area contributed by atoms with Gasteiger partial charge in [0, 0.05) is 12.1 Å². The smallest absolute Gasteiger partial charge is 0.386 e. The Bertz CT molecular complexity index is 1120. The summed E-state index contributed by atoms with van der Waals surface area (Å²) in [4.78, 5) is 4.18. The normalized spacial score (nSPS) is 11.0. The highest BCUT2D eigenvalue weighted by atomic mass is 35.5. The molecule has 0 aromatic heterocycles. The lowest BCUT2D eigenvalue weighted by Gasteiger charge is -2.10. The van der Waals surface area contributed by atoms with Crippen molar-refractivity contribution in [3.63, 3.8) is 0 Å². The fourth-order valence-electron chi connectivity index (χ4n) is 2.06. The zero-order chi connectivity index (χ0) is 19.5. The molecule has 2 rings (SSSR count). The lowest BCUT2D eigenvalue weighted by molar-refractivity contribution is 0.460. The van der Waals surface area contributed by atoms with E-state index in [9.17, 15) is 25.9 Å². The van der Waals surface area contributed by atoms with Crippen LogP contribution < -0.4 is 0 Å². The molecule has 0 N–H and O–H groups in total. The van der Waals surface area contributed by atoms with E-state index >= 15 is 0 Å². The Hall–Kier alpha value is -2.58. The minimum absolute atomic E-state index is 0. The summed E-state index contributed by atoms with van der Waals surface area (Å²) in [6.07, 6.45) is 2.21. The molecule has 2 aromatic carbocycles. The van der Waals surface area contributed by atoms with E-state index in [2.05, 4.69) is 9.95 Å². The molecule has 0 bridgehead atoms. The highest BCUT2D eigenvalue weighted by Gasteiger charge is 2.16. The van der Waals surface area contributed by atoms with Gasteiger partial charge >= 0.3 is 11.4 Å². The Balaban J connectivity index is 0.00000364. The van der Waals surface area contributed by atoms with Crippen LogP contribution >= 0.6 is 24.8 Å². The van der Waals surface area contributed by atoms with Crippen LogP contribution in [0.25, 0.3) is 22.1 Å².